The van der Waals surface area contributed by atoms with E-state index < -0.39 is 0 Å². The maximum Gasteiger partial charge on any atom is 0.270 e. The number of benzene rings is 1. The zero-order chi connectivity index (χ0) is 27.6. The lowest BCUT2D eigenvalue weighted by Gasteiger charge is -2.36. The lowest BCUT2D eigenvalue weighted by molar-refractivity contribution is -0.130. The van der Waals surface area contributed by atoms with Crippen LogP contribution in [0.25, 0.3) is 22.3 Å². The third-order valence-corrected chi connectivity index (χ3v) is 8.05. The molecule has 9 nitrogen and oxygen atoms in total. The van der Waals surface area contributed by atoms with Gasteiger partial charge < -0.3 is 20.1 Å². The van der Waals surface area contributed by atoms with E-state index in [2.05, 4.69) is 38.2 Å². The molecule has 5 heterocycles. The summed E-state index contributed by atoms with van der Waals surface area (Å²) in [6.07, 6.45) is 8.77. The molecular weight excluding hydrogens is 526 g/mol. The summed E-state index contributed by atoms with van der Waals surface area (Å²) in [6.45, 7) is 4.26. The van der Waals surface area contributed by atoms with E-state index in [0.29, 0.717) is 41.7 Å². The number of nitrogens with one attached hydrogen (secondary N) is 2. The average molecular weight is 558 g/mol. The number of halogens is 1. The van der Waals surface area contributed by atoms with Crippen LogP contribution in [0, 0.1) is 0 Å². The van der Waals surface area contributed by atoms with E-state index >= 15 is 0 Å². The number of piperidine rings is 1. The number of aryl methyl sites for hydroxylation is 1. The highest BCUT2D eigenvalue weighted by Crippen LogP contribution is 2.31. The second-order valence-corrected chi connectivity index (χ2v) is 10.9. The van der Waals surface area contributed by atoms with E-state index in [1.54, 1.807) is 12.3 Å². The van der Waals surface area contributed by atoms with Crippen molar-refractivity contribution in [2.75, 3.05) is 25.0 Å². The maximum absolute atomic E-state index is 13.3. The number of nitrogens with zero attached hydrogens (tertiary/aromatic N) is 5. The molecule has 4 aromatic rings. The molecule has 206 valence electrons. The molecule has 0 atom stereocenters. The first-order valence-corrected chi connectivity index (χ1v) is 14.3. The Hall–Kier alpha value is -3.98. The first-order chi connectivity index (χ1) is 19.5. The normalized spacial score (nSPS) is 16.2. The minimum absolute atomic E-state index is 0.0539. The highest BCUT2D eigenvalue weighted by Gasteiger charge is 2.32. The van der Waals surface area contributed by atoms with Crippen LogP contribution < -0.4 is 5.32 Å². The number of hydrogen-bond donors (Lipinski definition) is 2. The number of pyridine rings is 1. The first kappa shape index (κ1) is 26.3. The predicted molar refractivity (Wildman–Crippen MR) is 156 cm³/mol. The van der Waals surface area contributed by atoms with Crippen molar-refractivity contribution >= 4 is 46.0 Å². The Labute approximate surface area is 238 Å². The number of fused-ring (bicyclic) bond motifs is 1. The number of H-pyrrole nitrogens is 1. The average Bonchev–Trinajstić information content (AvgIpc) is 3.60. The molecule has 0 bridgehead atoms. The zero-order valence-corrected chi connectivity index (χ0v) is 23.2. The van der Waals surface area contributed by atoms with Gasteiger partial charge in [0.25, 0.3) is 5.91 Å². The lowest BCUT2D eigenvalue weighted by Crippen LogP contribution is -2.47. The molecule has 2 fully saturated rings. The van der Waals surface area contributed by atoms with Gasteiger partial charge in [-0.1, -0.05) is 24.9 Å². The highest BCUT2D eigenvalue weighted by molar-refractivity contribution is 6.35. The van der Waals surface area contributed by atoms with Crippen molar-refractivity contribution in [3.05, 3.63) is 65.1 Å². The van der Waals surface area contributed by atoms with Crippen LogP contribution in [0.2, 0.25) is 5.02 Å². The van der Waals surface area contributed by atoms with Crippen molar-refractivity contribution in [3.63, 3.8) is 0 Å². The molecule has 40 heavy (non-hydrogen) atoms. The van der Waals surface area contributed by atoms with Gasteiger partial charge in [0.2, 0.25) is 11.9 Å². The van der Waals surface area contributed by atoms with Gasteiger partial charge in [-0.25, -0.2) is 9.97 Å². The van der Waals surface area contributed by atoms with Gasteiger partial charge in [0.1, 0.15) is 5.69 Å². The van der Waals surface area contributed by atoms with Crippen molar-refractivity contribution < 1.29 is 9.59 Å². The Kier molecular flexibility index (Phi) is 7.38. The van der Waals surface area contributed by atoms with Crippen LogP contribution in [0.1, 0.15) is 55.1 Å². The monoisotopic (exact) mass is 557 g/mol. The third kappa shape index (κ3) is 5.38. The number of rotatable bonds is 7. The van der Waals surface area contributed by atoms with Crippen molar-refractivity contribution in [1.29, 1.82) is 0 Å². The molecule has 0 saturated carbocycles. The second-order valence-electron chi connectivity index (χ2n) is 10.5. The number of amides is 2. The summed E-state index contributed by atoms with van der Waals surface area (Å²) in [4.78, 5) is 46.0. The van der Waals surface area contributed by atoms with Crippen LogP contribution in [-0.4, -0.2) is 67.2 Å². The van der Waals surface area contributed by atoms with Gasteiger partial charge in [-0.15, -0.1) is 0 Å². The van der Waals surface area contributed by atoms with Crippen LogP contribution >= 0.6 is 11.6 Å². The molecule has 0 spiro atoms. The number of anilines is 2. The molecule has 0 unspecified atom stereocenters. The fourth-order valence-electron chi connectivity index (χ4n) is 5.74. The molecule has 2 amide bonds. The van der Waals surface area contributed by atoms with Crippen molar-refractivity contribution in [3.8, 4) is 11.4 Å². The number of aromatic nitrogens is 4. The van der Waals surface area contributed by atoms with Crippen molar-refractivity contribution in [1.82, 2.24) is 29.7 Å². The molecule has 3 aromatic heterocycles. The van der Waals surface area contributed by atoms with E-state index in [9.17, 15) is 9.59 Å². The van der Waals surface area contributed by atoms with Crippen molar-refractivity contribution in [2.24, 2.45) is 0 Å². The summed E-state index contributed by atoms with van der Waals surface area (Å²) in [6, 6.07) is 11.7. The van der Waals surface area contributed by atoms with Crippen LogP contribution in [0.4, 0.5) is 11.6 Å². The van der Waals surface area contributed by atoms with Gasteiger partial charge in [-0.05, 0) is 67.6 Å². The molecule has 2 N–H and O–H groups in total. The maximum atomic E-state index is 13.3. The molecule has 10 heteroatoms. The Bertz CT molecular complexity index is 1560. The molecule has 0 aliphatic carbocycles. The topological polar surface area (TPSA) is 107 Å². The zero-order valence-electron chi connectivity index (χ0n) is 22.5. The number of hydrogen-bond acceptors (Lipinski definition) is 6. The van der Waals surface area contributed by atoms with Crippen LogP contribution in [0.15, 0.2) is 48.8 Å². The largest absolute Gasteiger partial charge is 0.349 e. The summed E-state index contributed by atoms with van der Waals surface area (Å²) >= 11 is 6.63. The lowest BCUT2D eigenvalue weighted by atomic mass is 10.0. The minimum Gasteiger partial charge on any atom is -0.349 e. The van der Waals surface area contributed by atoms with Crippen molar-refractivity contribution in [2.45, 2.75) is 51.5 Å². The fourth-order valence-corrected chi connectivity index (χ4v) is 6.02. The highest BCUT2D eigenvalue weighted by atomic mass is 35.5. The van der Waals surface area contributed by atoms with E-state index in [1.165, 1.54) is 5.56 Å². The number of likely N-dealkylation sites (tertiary alicyclic amines) is 2. The van der Waals surface area contributed by atoms with E-state index in [1.807, 2.05) is 40.3 Å². The van der Waals surface area contributed by atoms with Crippen LogP contribution in [0.5, 0.6) is 0 Å². The standard InChI is InChI=1S/C30H32ClN7O2/c1-2-4-19-6-10-32-25(15-19)24-7-11-33-30(36-24)34-21-16-20-17-26(35-28(20)23(31)18-21)29(40)37-13-8-22(9-14-37)38-12-3-5-27(38)39/h6-7,10-11,15-18,22,35H,2-5,8-9,12-14H2,1H3,(H,33,34,36). The molecular formula is C30H32ClN7O2. The molecule has 6 rings (SSSR count). The molecule has 2 saturated heterocycles. The van der Waals surface area contributed by atoms with E-state index in [-0.39, 0.29) is 17.9 Å². The van der Waals surface area contributed by atoms with E-state index in [0.717, 1.165) is 61.1 Å². The summed E-state index contributed by atoms with van der Waals surface area (Å²) in [5.74, 6) is 0.623. The van der Waals surface area contributed by atoms with Gasteiger partial charge in [0.15, 0.2) is 0 Å². The summed E-state index contributed by atoms with van der Waals surface area (Å²) in [5, 5.41) is 4.56. The number of aromatic amines is 1. The smallest absolute Gasteiger partial charge is 0.270 e. The van der Waals surface area contributed by atoms with Crippen LogP contribution in [0.3, 0.4) is 0 Å². The number of carbonyl (C=O) groups is 2. The van der Waals surface area contributed by atoms with E-state index in [4.69, 9.17) is 11.6 Å². The summed E-state index contributed by atoms with van der Waals surface area (Å²) < 4.78 is 0. The third-order valence-electron chi connectivity index (χ3n) is 7.75. The second kappa shape index (κ2) is 11.3. The Morgan fingerprint density at radius 1 is 1.07 bits per heavy atom. The fraction of sp³-hybridized carbons (Fsp3) is 0.367. The van der Waals surface area contributed by atoms with Gasteiger partial charge >= 0.3 is 0 Å². The molecule has 0 radical (unpaired) electrons. The Morgan fingerprint density at radius 2 is 1.90 bits per heavy atom. The number of carbonyl (C=O) groups excluding carboxylic acids is 2. The van der Waals surface area contributed by atoms with Gasteiger partial charge in [-0.2, -0.15) is 0 Å². The summed E-state index contributed by atoms with van der Waals surface area (Å²) in [5.41, 5.74) is 4.68. The van der Waals surface area contributed by atoms with Crippen LogP contribution in [-0.2, 0) is 11.2 Å². The quantitative estimate of drug-likeness (QED) is 0.306. The van der Waals surface area contributed by atoms with Gasteiger partial charge in [0, 0.05) is 55.6 Å². The minimum atomic E-state index is -0.0539. The SMILES string of the molecule is CCCc1ccnc(-c2ccnc(Nc3cc(Cl)c4[nH]c(C(=O)N5CCC(N6CCCC6=O)CC5)cc4c3)n2)c1. The van der Waals surface area contributed by atoms with Gasteiger partial charge in [0.05, 0.1) is 21.9 Å². The summed E-state index contributed by atoms with van der Waals surface area (Å²) in [7, 11) is 0. The first-order valence-electron chi connectivity index (χ1n) is 13.9. The molecule has 2 aliphatic heterocycles. The Balaban J connectivity index is 1.16. The Morgan fingerprint density at radius 3 is 2.67 bits per heavy atom. The molecule has 2 aliphatic rings. The van der Waals surface area contributed by atoms with Gasteiger partial charge in [-0.3, -0.25) is 14.6 Å². The predicted octanol–water partition coefficient (Wildman–Crippen LogP) is 5.60. The molecule has 1 aromatic carbocycles.